The molecule has 0 spiro atoms. The van der Waals surface area contributed by atoms with Gasteiger partial charge in [0.15, 0.2) is 0 Å². The minimum absolute atomic E-state index is 0.183. The van der Waals surface area contributed by atoms with Crippen LogP contribution in [0, 0.1) is 11.8 Å². The molecule has 1 fully saturated rings. The fourth-order valence-corrected chi connectivity index (χ4v) is 3.50. The van der Waals surface area contributed by atoms with Gasteiger partial charge in [0.2, 0.25) is 5.91 Å². The second-order valence-corrected chi connectivity index (χ2v) is 6.61. The number of carboxylic acids is 1. The molecule has 1 saturated heterocycles. The number of carbonyl (C=O) groups excluding carboxylic acids is 1. The lowest BCUT2D eigenvalue weighted by atomic mass is 9.82. The summed E-state index contributed by atoms with van der Waals surface area (Å²) in [6.07, 6.45) is 12.5. The molecule has 130 valence electrons. The molecule has 4 atom stereocenters. The van der Waals surface area contributed by atoms with E-state index in [1.54, 1.807) is 6.08 Å². The van der Waals surface area contributed by atoms with E-state index >= 15 is 0 Å². The molecule has 0 saturated carbocycles. The number of carbonyl (C=O) groups is 2. The largest absolute Gasteiger partial charge is 0.481 e. The Morgan fingerprint density at radius 3 is 2.13 bits per heavy atom. The van der Waals surface area contributed by atoms with E-state index in [2.05, 4.69) is 12.2 Å². The van der Waals surface area contributed by atoms with E-state index in [1.807, 2.05) is 6.08 Å². The average Bonchev–Trinajstić information content (AvgIpc) is 3.14. The molecule has 0 aromatic rings. The summed E-state index contributed by atoms with van der Waals surface area (Å²) in [7, 11) is 0. The molecule has 2 heterocycles. The van der Waals surface area contributed by atoms with Crippen molar-refractivity contribution in [3.8, 4) is 0 Å². The molecule has 1 amide bonds. The summed E-state index contributed by atoms with van der Waals surface area (Å²) in [6, 6.07) is 0. The monoisotopic (exact) mass is 323 g/mol. The molecular weight excluding hydrogens is 294 g/mol. The summed E-state index contributed by atoms with van der Waals surface area (Å²) in [4.78, 5) is 23.6. The van der Waals surface area contributed by atoms with Crippen molar-refractivity contribution in [3.63, 3.8) is 0 Å². The molecule has 0 aromatic carbocycles. The maximum atomic E-state index is 12.3. The van der Waals surface area contributed by atoms with Crippen LogP contribution in [0.3, 0.4) is 0 Å². The molecule has 23 heavy (non-hydrogen) atoms. The van der Waals surface area contributed by atoms with Crippen molar-refractivity contribution in [1.82, 2.24) is 5.32 Å². The van der Waals surface area contributed by atoms with E-state index < -0.39 is 23.9 Å². The first kappa shape index (κ1) is 18.0. The van der Waals surface area contributed by atoms with E-state index in [4.69, 9.17) is 4.74 Å². The first-order valence-electron chi connectivity index (χ1n) is 8.99. The quantitative estimate of drug-likeness (QED) is 0.453. The Morgan fingerprint density at radius 2 is 1.52 bits per heavy atom. The van der Waals surface area contributed by atoms with Crippen molar-refractivity contribution in [2.45, 2.75) is 70.5 Å². The average molecular weight is 323 g/mol. The number of nitrogens with one attached hydrogen (secondary N) is 1. The Morgan fingerprint density at radius 1 is 0.957 bits per heavy atom. The third kappa shape index (κ3) is 4.80. The van der Waals surface area contributed by atoms with Crippen LogP contribution in [0.4, 0.5) is 0 Å². The molecule has 2 bridgehead atoms. The number of aliphatic carboxylic acids is 1. The molecule has 5 heteroatoms. The van der Waals surface area contributed by atoms with E-state index in [1.165, 1.54) is 38.5 Å². The van der Waals surface area contributed by atoms with Gasteiger partial charge < -0.3 is 15.2 Å². The zero-order chi connectivity index (χ0) is 16.7. The number of unbranched alkanes of at least 4 members (excludes halogenated alkanes) is 7. The van der Waals surface area contributed by atoms with Crippen molar-refractivity contribution in [3.05, 3.63) is 12.2 Å². The van der Waals surface area contributed by atoms with E-state index in [-0.39, 0.29) is 12.0 Å². The number of rotatable bonds is 11. The van der Waals surface area contributed by atoms with Crippen molar-refractivity contribution in [2.24, 2.45) is 11.8 Å². The Labute approximate surface area is 138 Å². The highest BCUT2D eigenvalue weighted by atomic mass is 16.5. The molecule has 2 N–H and O–H groups in total. The molecule has 0 unspecified atom stereocenters. The number of hydrogen-bond acceptors (Lipinski definition) is 3. The molecule has 2 aliphatic heterocycles. The van der Waals surface area contributed by atoms with Crippen LogP contribution in [0.15, 0.2) is 12.2 Å². The molecule has 2 rings (SSSR count). The summed E-state index contributed by atoms with van der Waals surface area (Å²) >= 11 is 0. The Hall–Kier alpha value is -1.36. The molecule has 5 nitrogen and oxygen atoms in total. The number of hydrogen-bond donors (Lipinski definition) is 2. The van der Waals surface area contributed by atoms with Crippen LogP contribution in [0.1, 0.15) is 58.3 Å². The third-order valence-corrected chi connectivity index (χ3v) is 4.82. The van der Waals surface area contributed by atoms with Crippen molar-refractivity contribution < 1.29 is 19.4 Å². The standard InChI is InChI=1S/C18H29NO4/c1-2-3-4-5-6-7-8-9-12-19-17(20)15-13-10-11-14(23-13)16(15)18(21)22/h10-11,13-16H,2-9,12H2,1H3,(H,19,20)(H,21,22)/t13-,14+,15-,16+/m1/s1. The lowest BCUT2D eigenvalue weighted by Crippen LogP contribution is -2.42. The Bertz CT molecular complexity index is 435. The number of carboxylic acid groups (broad SMARTS) is 1. The SMILES string of the molecule is CCCCCCCCCCNC(=O)[C@H]1[C@@H](C(=O)O)[C@@H]2C=C[C@H]1O2. The zero-order valence-corrected chi connectivity index (χ0v) is 14.0. The minimum atomic E-state index is -0.950. The van der Waals surface area contributed by atoms with E-state index in [9.17, 15) is 14.7 Å². The van der Waals surface area contributed by atoms with E-state index in [0.29, 0.717) is 6.54 Å². The molecule has 0 aromatic heterocycles. The predicted octanol–water partition coefficient (Wildman–Crippen LogP) is 2.90. The first-order chi connectivity index (χ1) is 11.1. The van der Waals surface area contributed by atoms with Crippen molar-refractivity contribution >= 4 is 11.9 Å². The fourth-order valence-electron chi connectivity index (χ4n) is 3.50. The van der Waals surface area contributed by atoms with Crippen LogP contribution in [0.2, 0.25) is 0 Å². The molecule has 0 aliphatic carbocycles. The van der Waals surface area contributed by atoms with Crippen LogP contribution in [0.25, 0.3) is 0 Å². The highest BCUT2D eigenvalue weighted by Gasteiger charge is 2.53. The van der Waals surface area contributed by atoms with Gasteiger partial charge in [-0.3, -0.25) is 9.59 Å². The first-order valence-corrected chi connectivity index (χ1v) is 8.99. The fraction of sp³-hybridized carbons (Fsp3) is 0.778. The normalized spacial score (nSPS) is 28.2. The smallest absolute Gasteiger partial charge is 0.310 e. The highest BCUT2D eigenvalue weighted by molar-refractivity contribution is 5.87. The maximum Gasteiger partial charge on any atom is 0.310 e. The van der Waals surface area contributed by atoms with Gasteiger partial charge >= 0.3 is 5.97 Å². The number of ether oxygens (including phenoxy) is 1. The minimum Gasteiger partial charge on any atom is -0.481 e. The summed E-state index contributed by atoms with van der Waals surface area (Å²) < 4.78 is 5.52. The Kier molecular flexibility index (Phi) is 7.09. The lowest BCUT2D eigenvalue weighted by Gasteiger charge is -2.20. The molecular formula is C18H29NO4. The highest BCUT2D eigenvalue weighted by Crippen LogP contribution is 2.39. The van der Waals surface area contributed by atoms with Crippen LogP contribution >= 0.6 is 0 Å². The zero-order valence-electron chi connectivity index (χ0n) is 14.0. The van der Waals surface area contributed by atoms with Gasteiger partial charge in [-0.1, -0.05) is 64.0 Å². The number of fused-ring (bicyclic) bond motifs is 2. The third-order valence-electron chi connectivity index (χ3n) is 4.82. The van der Waals surface area contributed by atoms with Gasteiger partial charge in [-0.05, 0) is 6.42 Å². The maximum absolute atomic E-state index is 12.3. The van der Waals surface area contributed by atoms with Gasteiger partial charge in [-0.15, -0.1) is 0 Å². The van der Waals surface area contributed by atoms with Crippen molar-refractivity contribution in [2.75, 3.05) is 6.54 Å². The van der Waals surface area contributed by atoms with Crippen molar-refractivity contribution in [1.29, 1.82) is 0 Å². The summed E-state index contributed by atoms with van der Waals surface area (Å²) in [6.45, 7) is 2.84. The second-order valence-electron chi connectivity index (χ2n) is 6.61. The van der Waals surface area contributed by atoms with Gasteiger partial charge in [-0.25, -0.2) is 0 Å². The molecule has 2 aliphatic rings. The topological polar surface area (TPSA) is 75.6 Å². The summed E-state index contributed by atoms with van der Waals surface area (Å²) in [5, 5.41) is 12.2. The van der Waals surface area contributed by atoms with E-state index in [0.717, 1.165) is 12.8 Å². The predicted molar refractivity (Wildman–Crippen MR) is 88.0 cm³/mol. The van der Waals surface area contributed by atoms with Gasteiger partial charge in [0.25, 0.3) is 0 Å². The van der Waals surface area contributed by atoms with Crippen LogP contribution < -0.4 is 5.32 Å². The molecule has 0 radical (unpaired) electrons. The van der Waals surface area contributed by atoms with Crippen LogP contribution in [0.5, 0.6) is 0 Å². The Balaban J connectivity index is 1.60. The lowest BCUT2D eigenvalue weighted by molar-refractivity contribution is -0.146. The van der Waals surface area contributed by atoms with Crippen LogP contribution in [-0.2, 0) is 14.3 Å². The van der Waals surface area contributed by atoms with Gasteiger partial charge in [0, 0.05) is 6.54 Å². The second kappa shape index (κ2) is 9.06. The summed E-state index contributed by atoms with van der Waals surface area (Å²) in [5.74, 6) is -2.47. The number of amides is 1. The van der Waals surface area contributed by atoms with Gasteiger partial charge in [-0.2, -0.15) is 0 Å². The summed E-state index contributed by atoms with van der Waals surface area (Å²) in [5.41, 5.74) is 0. The van der Waals surface area contributed by atoms with Gasteiger partial charge in [0.1, 0.15) is 5.92 Å². The van der Waals surface area contributed by atoms with Crippen LogP contribution in [-0.4, -0.2) is 35.7 Å². The van der Waals surface area contributed by atoms with Gasteiger partial charge in [0.05, 0.1) is 18.1 Å².